The number of ether oxygens (including phenoxy) is 2. The molecule has 0 saturated heterocycles. The Labute approximate surface area is 176 Å². The maximum absolute atomic E-state index is 14.3. The largest absolute Gasteiger partial charge is 0.486 e. The van der Waals surface area contributed by atoms with Gasteiger partial charge in [-0.3, -0.25) is 4.79 Å². The van der Waals surface area contributed by atoms with E-state index in [0.717, 1.165) is 4.90 Å². The Bertz CT molecular complexity index is 616. The Morgan fingerprint density at radius 1 is 1.46 bits per heavy atom. The van der Waals surface area contributed by atoms with E-state index in [2.05, 4.69) is 6.08 Å². The molecule has 1 aliphatic rings. The van der Waals surface area contributed by atoms with Crippen molar-refractivity contribution in [2.45, 2.75) is 16.8 Å². The predicted molar refractivity (Wildman–Crippen MR) is 85.7 cm³/mol. The number of hydrogen-bond acceptors (Lipinski definition) is 3. The second kappa shape index (κ2) is 10.1. The summed E-state index contributed by atoms with van der Waals surface area (Å²) in [7, 11) is 1.40. The molecule has 1 heterocycles. The van der Waals surface area contributed by atoms with Crippen molar-refractivity contribution < 1.29 is 60.1 Å². The van der Waals surface area contributed by atoms with Gasteiger partial charge in [0.2, 0.25) is 5.91 Å². The third kappa shape index (κ3) is 5.16. The first-order valence-corrected chi connectivity index (χ1v) is 7.95. The number of alkyl halides is 3. The molecule has 0 bridgehead atoms. The molecule has 24 heavy (non-hydrogen) atoms. The molecule has 1 amide bonds. The van der Waals surface area contributed by atoms with Crippen LogP contribution in [-0.2, 0) is 42.2 Å². The zero-order valence-electron chi connectivity index (χ0n) is 12.8. The number of nitrogens with zero attached hydrogens (tertiary/aromatic N) is 1. The summed E-state index contributed by atoms with van der Waals surface area (Å²) >= 11 is 1.86. The van der Waals surface area contributed by atoms with E-state index < -0.39 is 28.6 Å². The summed E-state index contributed by atoms with van der Waals surface area (Å²) in [5.41, 5.74) is -0.0886. The van der Waals surface area contributed by atoms with Crippen LogP contribution in [0.4, 0.5) is 13.2 Å². The van der Waals surface area contributed by atoms with Gasteiger partial charge in [0.1, 0.15) is 0 Å². The molecule has 1 unspecified atom stereocenters. The molecule has 129 valence electrons. The van der Waals surface area contributed by atoms with Crippen LogP contribution in [0.25, 0.3) is 5.70 Å². The maximum atomic E-state index is 14.3. The number of methoxy groups -OCH3 is 1. The third-order valence-corrected chi connectivity index (χ3v) is 4.09. The first-order chi connectivity index (χ1) is 11.0. The number of rotatable bonds is 6. The molecule has 1 radical (unpaired) electrons. The SMILES string of the molecule is COCOc1cccc(F)c1C1=[C-]CC(I)C(=O)N1CC(F)F.[Y]. The van der Waals surface area contributed by atoms with Crippen molar-refractivity contribution >= 4 is 34.2 Å². The second-order valence-electron chi connectivity index (χ2n) is 4.70. The van der Waals surface area contributed by atoms with Gasteiger partial charge < -0.3 is 14.4 Å². The number of carbonyl (C=O) groups excluding carboxylic acids is 1. The molecular formula is C15H14F3INO3Y-. The number of amides is 1. The van der Waals surface area contributed by atoms with Crippen LogP contribution in [0, 0.1) is 11.9 Å². The van der Waals surface area contributed by atoms with Crippen molar-refractivity contribution in [1.82, 2.24) is 4.90 Å². The number of benzene rings is 1. The van der Waals surface area contributed by atoms with Crippen molar-refractivity contribution in [2.24, 2.45) is 0 Å². The average molecular weight is 529 g/mol. The fraction of sp³-hybridized carbons (Fsp3) is 0.400. The second-order valence-corrected chi connectivity index (χ2v) is 6.20. The molecule has 0 aromatic heterocycles. The van der Waals surface area contributed by atoms with Gasteiger partial charge in [-0.15, -0.1) is 5.70 Å². The number of hydrogen-bond donors (Lipinski definition) is 0. The number of allylic oxidation sites excluding steroid dienone is 1. The van der Waals surface area contributed by atoms with Crippen molar-refractivity contribution in [1.29, 1.82) is 0 Å². The molecular weight excluding hydrogens is 515 g/mol. The fourth-order valence-corrected chi connectivity index (χ4v) is 2.72. The first-order valence-electron chi connectivity index (χ1n) is 6.70. The van der Waals surface area contributed by atoms with E-state index >= 15 is 0 Å². The van der Waals surface area contributed by atoms with E-state index in [-0.39, 0.29) is 62.9 Å². The van der Waals surface area contributed by atoms with Crippen LogP contribution in [0.3, 0.4) is 0 Å². The van der Waals surface area contributed by atoms with Crippen LogP contribution in [0.15, 0.2) is 18.2 Å². The Kier molecular flexibility index (Phi) is 9.18. The number of halogens is 4. The monoisotopic (exact) mass is 529 g/mol. The van der Waals surface area contributed by atoms with Crippen LogP contribution >= 0.6 is 22.6 Å². The van der Waals surface area contributed by atoms with E-state index in [4.69, 9.17) is 9.47 Å². The summed E-state index contributed by atoms with van der Waals surface area (Å²) < 4.78 is 49.5. The molecule has 2 rings (SSSR count). The minimum Gasteiger partial charge on any atom is -0.486 e. The van der Waals surface area contributed by atoms with Gasteiger partial charge in [-0.05, 0) is 12.1 Å². The minimum absolute atomic E-state index is 0. The van der Waals surface area contributed by atoms with E-state index in [1.165, 1.54) is 25.3 Å². The van der Waals surface area contributed by atoms with Gasteiger partial charge in [0.25, 0.3) is 6.43 Å². The molecule has 9 heteroatoms. The Morgan fingerprint density at radius 3 is 2.79 bits per heavy atom. The first kappa shape index (κ1) is 21.9. The summed E-state index contributed by atoms with van der Waals surface area (Å²) in [5.74, 6) is -1.08. The maximum Gasteiger partial charge on any atom is 0.256 e. The Hall–Kier alpha value is -0.186. The van der Waals surface area contributed by atoms with Gasteiger partial charge >= 0.3 is 0 Å². The van der Waals surface area contributed by atoms with Crippen molar-refractivity contribution in [2.75, 3.05) is 20.4 Å². The molecule has 4 nitrogen and oxygen atoms in total. The van der Waals surface area contributed by atoms with Crippen molar-refractivity contribution in [3.05, 3.63) is 35.7 Å². The van der Waals surface area contributed by atoms with Crippen molar-refractivity contribution in [3.8, 4) is 5.75 Å². The molecule has 1 aromatic rings. The predicted octanol–water partition coefficient (Wildman–Crippen LogP) is 3.25. The van der Waals surface area contributed by atoms with Gasteiger partial charge in [0, 0.05) is 39.8 Å². The standard InChI is InChI=1S/C15H14F3INO3.Y/c1-22-8-23-12-4-2-3-9(16)14(12)11-6-5-10(19)15(21)20(11)7-13(17)18;/h2-4,10,13H,5,7-8H2,1H3;/q-1;. The zero-order valence-corrected chi connectivity index (χ0v) is 17.8. The molecule has 1 atom stereocenters. The number of carbonyl (C=O) groups is 1. The van der Waals surface area contributed by atoms with Gasteiger partial charge in [0.05, 0.1) is 22.0 Å². The van der Waals surface area contributed by atoms with E-state index in [1.54, 1.807) is 0 Å². The molecule has 0 spiro atoms. The van der Waals surface area contributed by atoms with E-state index in [9.17, 15) is 18.0 Å². The van der Waals surface area contributed by atoms with Crippen LogP contribution in [0.5, 0.6) is 5.75 Å². The molecule has 1 aromatic carbocycles. The molecule has 1 aliphatic heterocycles. The topological polar surface area (TPSA) is 38.8 Å². The molecule has 0 saturated carbocycles. The van der Waals surface area contributed by atoms with E-state index in [1.807, 2.05) is 22.6 Å². The van der Waals surface area contributed by atoms with Crippen LogP contribution in [0.1, 0.15) is 12.0 Å². The normalized spacial score (nSPS) is 17.6. The van der Waals surface area contributed by atoms with Gasteiger partial charge in [0.15, 0.2) is 6.79 Å². The summed E-state index contributed by atoms with van der Waals surface area (Å²) in [6, 6.07) is 4.08. The average Bonchev–Trinajstić information content (AvgIpc) is 2.50. The van der Waals surface area contributed by atoms with Gasteiger partial charge in [-0.1, -0.05) is 40.6 Å². The smallest absolute Gasteiger partial charge is 0.256 e. The van der Waals surface area contributed by atoms with Crippen molar-refractivity contribution in [3.63, 3.8) is 0 Å². The minimum atomic E-state index is -2.74. The summed E-state index contributed by atoms with van der Waals surface area (Å²) in [4.78, 5) is 13.1. The van der Waals surface area contributed by atoms with E-state index in [0.29, 0.717) is 0 Å². The Morgan fingerprint density at radius 2 is 2.17 bits per heavy atom. The molecule has 0 aliphatic carbocycles. The third-order valence-electron chi connectivity index (χ3n) is 3.12. The molecule has 0 fully saturated rings. The summed E-state index contributed by atoms with van der Waals surface area (Å²) in [5, 5.41) is 0. The van der Waals surface area contributed by atoms with Crippen LogP contribution < -0.4 is 4.74 Å². The summed E-state index contributed by atoms with van der Waals surface area (Å²) in [6.07, 6.45) is 0.321. The van der Waals surface area contributed by atoms with Gasteiger partial charge in [-0.2, -0.15) is 0 Å². The zero-order chi connectivity index (χ0) is 17.0. The fourth-order valence-electron chi connectivity index (χ4n) is 2.17. The molecule has 0 N–H and O–H groups in total. The van der Waals surface area contributed by atoms with Crippen LogP contribution in [0.2, 0.25) is 0 Å². The van der Waals surface area contributed by atoms with Crippen LogP contribution in [-0.4, -0.2) is 41.6 Å². The quantitative estimate of drug-likeness (QED) is 0.246. The Balaban J connectivity index is 0.00000288. The van der Waals surface area contributed by atoms with Gasteiger partial charge in [-0.25, -0.2) is 19.2 Å². The summed E-state index contributed by atoms with van der Waals surface area (Å²) in [6.45, 7) is -0.958.